The molecule has 0 aromatic carbocycles. The second-order valence-corrected chi connectivity index (χ2v) is 4.70. The molecule has 0 aliphatic carbocycles. The van der Waals surface area contributed by atoms with Gasteiger partial charge in [0.25, 0.3) is 0 Å². The molecule has 3 N–H and O–H groups in total. The van der Waals surface area contributed by atoms with Gasteiger partial charge in [0, 0.05) is 12.6 Å². The van der Waals surface area contributed by atoms with E-state index in [-0.39, 0.29) is 12.1 Å². The molecule has 2 unspecified atom stereocenters. The summed E-state index contributed by atoms with van der Waals surface area (Å²) in [6.07, 6.45) is 2.82. The van der Waals surface area contributed by atoms with Gasteiger partial charge in [-0.2, -0.15) is 0 Å². The van der Waals surface area contributed by atoms with Crippen molar-refractivity contribution in [3.05, 3.63) is 0 Å². The minimum Gasteiger partial charge on any atom is -0.480 e. The number of amides is 2. The first-order valence-corrected chi connectivity index (χ1v) is 6.44. The van der Waals surface area contributed by atoms with Crippen LogP contribution in [0.15, 0.2) is 0 Å². The average molecular weight is 258 g/mol. The van der Waals surface area contributed by atoms with Gasteiger partial charge >= 0.3 is 12.0 Å². The van der Waals surface area contributed by atoms with Crippen LogP contribution in [0.1, 0.15) is 39.5 Å². The highest BCUT2D eigenvalue weighted by Gasteiger charge is 2.23. The van der Waals surface area contributed by atoms with Crippen LogP contribution < -0.4 is 10.6 Å². The number of hydrogen-bond acceptors (Lipinski definition) is 3. The second-order valence-electron chi connectivity index (χ2n) is 4.70. The standard InChI is InChI=1S/C12H22N2O4/c1-3-4-10(11(15)16)14-12(17)13-9-5-6-18-8(2)7-9/h8-10H,3-7H2,1-2H3,(H,15,16)(H2,13,14,17)/t8?,9?,10-/m1/s1. The van der Waals surface area contributed by atoms with Crippen molar-refractivity contribution < 1.29 is 19.4 Å². The Kier molecular flexibility index (Phi) is 5.91. The molecule has 1 aliphatic rings. The molecule has 6 nitrogen and oxygen atoms in total. The summed E-state index contributed by atoms with van der Waals surface area (Å²) in [6, 6.07) is -1.16. The molecular weight excluding hydrogens is 236 g/mol. The van der Waals surface area contributed by atoms with Gasteiger partial charge in [-0.15, -0.1) is 0 Å². The number of carboxylic acid groups (broad SMARTS) is 1. The van der Waals surface area contributed by atoms with E-state index in [2.05, 4.69) is 10.6 Å². The maximum absolute atomic E-state index is 11.7. The molecule has 0 aromatic heterocycles. The normalized spacial score (nSPS) is 25.2. The van der Waals surface area contributed by atoms with Crippen LogP contribution in [0.4, 0.5) is 4.79 Å². The summed E-state index contributed by atoms with van der Waals surface area (Å²) >= 11 is 0. The Labute approximate surface area is 107 Å². The predicted molar refractivity (Wildman–Crippen MR) is 66.4 cm³/mol. The fourth-order valence-corrected chi connectivity index (χ4v) is 2.06. The van der Waals surface area contributed by atoms with E-state index in [1.54, 1.807) is 0 Å². The number of ether oxygens (including phenoxy) is 1. The first-order valence-electron chi connectivity index (χ1n) is 6.44. The van der Waals surface area contributed by atoms with E-state index in [1.807, 2.05) is 13.8 Å². The van der Waals surface area contributed by atoms with E-state index in [0.29, 0.717) is 19.4 Å². The van der Waals surface area contributed by atoms with E-state index in [0.717, 1.165) is 12.8 Å². The third kappa shape index (κ3) is 4.91. The Morgan fingerprint density at radius 1 is 1.50 bits per heavy atom. The number of rotatable bonds is 5. The molecule has 1 saturated heterocycles. The van der Waals surface area contributed by atoms with Gasteiger partial charge < -0.3 is 20.5 Å². The van der Waals surface area contributed by atoms with Crippen molar-refractivity contribution >= 4 is 12.0 Å². The van der Waals surface area contributed by atoms with Crippen molar-refractivity contribution in [3.8, 4) is 0 Å². The summed E-state index contributed by atoms with van der Waals surface area (Å²) < 4.78 is 5.38. The van der Waals surface area contributed by atoms with Crippen molar-refractivity contribution in [1.29, 1.82) is 0 Å². The molecule has 1 heterocycles. The van der Waals surface area contributed by atoms with Crippen LogP contribution in [0.5, 0.6) is 0 Å². The van der Waals surface area contributed by atoms with Gasteiger partial charge in [0.2, 0.25) is 0 Å². The van der Waals surface area contributed by atoms with Gasteiger partial charge in [0.05, 0.1) is 6.10 Å². The van der Waals surface area contributed by atoms with E-state index < -0.39 is 18.0 Å². The van der Waals surface area contributed by atoms with Crippen LogP contribution in [0.2, 0.25) is 0 Å². The van der Waals surface area contributed by atoms with Gasteiger partial charge in [0.1, 0.15) is 6.04 Å². The Morgan fingerprint density at radius 2 is 2.22 bits per heavy atom. The third-order valence-corrected chi connectivity index (χ3v) is 3.00. The van der Waals surface area contributed by atoms with Crippen molar-refractivity contribution in [2.24, 2.45) is 0 Å². The van der Waals surface area contributed by atoms with Crippen LogP contribution in [0, 0.1) is 0 Å². The summed E-state index contributed by atoms with van der Waals surface area (Å²) in [7, 11) is 0. The molecule has 0 saturated carbocycles. The Bertz CT molecular complexity index is 296. The molecule has 1 rings (SSSR count). The first kappa shape index (κ1) is 14.8. The molecule has 3 atom stereocenters. The van der Waals surface area contributed by atoms with Gasteiger partial charge in [-0.3, -0.25) is 0 Å². The molecule has 6 heteroatoms. The third-order valence-electron chi connectivity index (χ3n) is 3.00. The highest BCUT2D eigenvalue weighted by atomic mass is 16.5. The monoisotopic (exact) mass is 258 g/mol. The molecule has 0 spiro atoms. The van der Waals surface area contributed by atoms with Crippen LogP contribution in [0.3, 0.4) is 0 Å². The molecule has 0 bridgehead atoms. The number of nitrogens with one attached hydrogen (secondary N) is 2. The largest absolute Gasteiger partial charge is 0.480 e. The molecule has 2 amide bonds. The second kappa shape index (κ2) is 7.20. The highest BCUT2D eigenvalue weighted by molar-refractivity contribution is 5.82. The van der Waals surface area contributed by atoms with Gasteiger partial charge in [-0.1, -0.05) is 13.3 Å². The smallest absolute Gasteiger partial charge is 0.326 e. The van der Waals surface area contributed by atoms with E-state index in [9.17, 15) is 9.59 Å². The number of carbonyl (C=O) groups excluding carboxylic acids is 1. The SMILES string of the molecule is CCC[C@@H](NC(=O)NC1CCOC(C)C1)C(=O)O. The molecule has 0 radical (unpaired) electrons. The lowest BCUT2D eigenvalue weighted by molar-refractivity contribution is -0.139. The molecular formula is C12H22N2O4. The highest BCUT2D eigenvalue weighted by Crippen LogP contribution is 2.12. The van der Waals surface area contributed by atoms with Gasteiger partial charge in [-0.05, 0) is 26.2 Å². The van der Waals surface area contributed by atoms with Crippen molar-refractivity contribution in [2.45, 2.75) is 57.7 Å². The summed E-state index contributed by atoms with van der Waals surface area (Å²) in [5, 5.41) is 14.2. The lowest BCUT2D eigenvalue weighted by Crippen LogP contribution is -2.50. The maximum atomic E-state index is 11.7. The molecule has 0 aromatic rings. The van der Waals surface area contributed by atoms with Crippen molar-refractivity contribution in [3.63, 3.8) is 0 Å². The minimum absolute atomic E-state index is 0.0600. The van der Waals surface area contributed by atoms with Gasteiger partial charge in [0.15, 0.2) is 0 Å². The molecule has 1 aliphatic heterocycles. The Morgan fingerprint density at radius 3 is 2.78 bits per heavy atom. The van der Waals surface area contributed by atoms with E-state index in [1.165, 1.54) is 0 Å². The van der Waals surface area contributed by atoms with Crippen LogP contribution >= 0.6 is 0 Å². The number of urea groups is 1. The minimum atomic E-state index is -0.993. The number of aliphatic carboxylic acids is 1. The lowest BCUT2D eigenvalue weighted by atomic mass is 10.0. The fraction of sp³-hybridized carbons (Fsp3) is 0.833. The Balaban J connectivity index is 2.37. The number of hydrogen-bond donors (Lipinski definition) is 3. The van der Waals surface area contributed by atoms with E-state index >= 15 is 0 Å². The molecule has 18 heavy (non-hydrogen) atoms. The summed E-state index contributed by atoms with van der Waals surface area (Å²) in [6.45, 7) is 4.47. The van der Waals surface area contributed by atoms with Gasteiger partial charge in [-0.25, -0.2) is 9.59 Å². The topological polar surface area (TPSA) is 87.7 Å². The number of carbonyl (C=O) groups is 2. The number of carboxylic acids is 1. The fourth-order valence-electron chi connectivity index (χ4n) is 2.06. The summed E-state index contributed by atoms with van der Waals surface area (Å²) in [4.78, 5) is 22.6. The van der Waals surface area contributed by atoms with Crippen LogP contribution in [0.25, 0.3) is 0 Å². The maximum Gasteiger partial charge on any atom is 0.326 e. The van der Waals surface area contributed by atoms with Crippen LogP contribution in [-0.2, 0) is 9.53 Å². The molecule has 104 valence electrons. The Hall–Kier alpha value is -1.30. The zero-order valence-corrected chi connectivity index (χ0v) is 10.9. The van der Waals surface area contributed by atoms with Crippen molar-refractivity contribution in [2.75, 3.05) is 6.61 Å². The first-order chi connectivity index (χ1) is 8.52. The average Bonchev–Trinajstić information content (AvgIpc) is 2.28. The molecule has 1 fully saturated rings. The van der Waals surface area contributed by atoms with Crippen LogP contribution in [-0.4, -0.2) is 41.9 Å². The predicted octanol–water partition coefficient (Wildman–Crippen LogP) is 1.11. The van der Waals surface area contributed by atoms with E-state index in [4.69, 9.17) is 9.84 Å². The summed E-state index contributed by atoms with van der Waals surface area (Å²) in [5.74, 6) is -0.993. The lowest BCUT2D eigenvalue weighted by Gasteiger charge is -2.28. The summed E-state index contributed by atoms with van der Waals surface area (Å²) in [5.41, 5.74) is 0. The van der Waals surface area contributed by atoms with Crippen molar-refractivity contribution in [1.82, 2.24) is 10.6 Å². The quantitative estimate of drug-likeness (QED) is 0.689. The zero-order valence-electron chi connectivity index (χ0n) is 10.9. The zero-order chi connectivity index (χ0) is 13.5.